The molecule has 0 spiro atoms. The van der Waals surface area contributed by atoms with Gasteiger partial charge in [0.05, 0.1) is 6.10 Å². The molecule has 4 heteroatoms. The van der Waals surface area contributed by atoms with Crippen LogP contribution >= 0.6 is 0 Å². The molecule has 0 aliphatic heterocycles. The summed E-state index contributed by atoms with van der Waals surface area (Å²) < 4.78 is 2.16. The van der Waals surface area contributed by atoms with Crippen LogP contribution in [0.3, 0.4) is 0 Å². The maximum Gasteiger partial charge on any atom is 0.140 e. The summed E-state index contributed by atoms with van der Waals surface area (Å²) in [5.41, 5.74) is 2.33. The monoisotopic (exact) mass is 259 g/mol. The van der Waals surface area contributed by atoms with Gasteiger partial charge in [-0.05, 0) is 43.9 Å². The number of hydrogen-bond acceptors (Lipinski definition) is 3. The van der Waals surface area contributed by atoms with Gasteiger partial charge >= 0.3 is 0 Å². The molecule has 102 valence electrons. The smallest absolute Gasteiger partial charge is 0.140 e. The Balaban J connectivity index is 1.83. The van der Waals surface area contributed by atoms with Gasteiger partial charge in [-0.3, -0.25) is 0 Å². The lowest BCUT2D eigenvalue weighted by molar-refractivity contribution is 0.178. The summed E-state index contributed by atoms with van der Waals surface area (Å²) in [7, 11) is 0. The van der Waals surface area contributed by atoms with E-state index in [4.69, 9.17) is 0 Å². The van der Waals surface area contributed by atoms with Crippen molar-refractivity contribution >= 4 is 11.0 Å². The van der Waals surface area contributed by atoms with Gasteiger partial charge in [0, 0.05) is 36.9 Å². The van der Waals surface area contributed by atoms with Crippen molar-refractivity contribution in [3.8, 4) is 0 Å². The predicted octanol–water partition coefficient (Wildman–Crippen LogP) is 2.06. The topological polar surface area (TPSA) is 50.1 Å². The zero-order valence-corrected chi connectivity index (χ0v) is 11.3. The Morgan fingerprint density at radius 1 is 1.53 bits per heavy atom. The number of aliphatic hydroxyl groups excluding tert-OH is 1. The van der Waals surface area contributed by atoms with Crippen molar-refractivity contribution < 1.29 is 5.11 Å². The van der Waals surface area contributed by atoms with E-state index >= 15 is 0 Å². The largest absolute Gasteiger partial charge is 0.393 e. The molecule has 3 rings (SSSR count). The van der Waals surface area contributed by atoms with Gasteiger partial charge in [-0.1, -0.05) is 0 Å². The Hall–Kier alpha value is -1.39. The molecule has 2 aromatic heterocycles. The number of hydrogen-bond donors (Lipinski definition) is 2. The molecule has 2 heterocycles. The van der Waals surface area contributed by atoms with Gasteiger partial charge in [0.2, 0.25) is 0 Å². The van der Waals surface area contributed by atoms with Gasteiger partial charge in [-0.25, -0.2) is 4.98 Å². The van der Waals surface area contributed by atoms with E-state index in [1.807, 2.05) is 19.2 Å². The first-order valence-corrected chi connectivity index (χ1v) is 7.08. The van der Waals surface area contributed by atoms with Crippen molar-refractivity contribution in [1.82, 2.24) is 14.9 Å². The molecule has 0 amide bonds. The molecule has 1 saturated carbocycles. The third kappa shape index (κ3) is 2.96. The normalized spacial score (nSPS) is 16.9. The van der Waals surface area contributed by atoms with E-state index in [-0.39, 0.29) is 6.10 Å². The van der Waals surface area contributed by atoms with Gasteiger partial charge < -0.3 is 15.0 Å². The molecule has 1 aliphatic rings. The summed E-state index contributed by atoms with van der Waals surface area (Å²) in [6, 6.07) is 4.83. The number of fused-ring (bicyclic) bond motifs is 1. The molecule has 1 atom stereocenters. The van der Waals surface area contributed by atoms with Crippen LogP contribution in [0.5, 0.6) is 0 Å². The Morgan fingerprint density at radius 3 is 3.11 bits per heavy atom. The minimum atomic E-state index is -0.269. The van der Waals surface area contributed by atoms with E-state index in [0.717, 1.165) is 25.2 Å². The molecule has 2 N–H and O–H groups in total. The second-order valence-corrected chi connectivity index (χ2v) is 5.52. The summed E-state index contributed by atoms with van der Waals surface area (Å²) >= 11 is 0. The average molecular weight is 259 g/mol. The molecular formula is C15H21N3O. The van der Waals surface area contributed by atoms with Gasteiger partial charge in [-0.15, -0.1) is 0 Å². The number of aliphatic hydroxyl groups is 1. The van der Waals surface area contributed by atoms with E-state index in [2.05, 4.69) is 27.1 Å². The highest BCUT2D eigenvalue weighted by Crippen LogP contribution is 2.23. The fraction of sp³-hybridized carbons (Fsp3) is 0.533. The Bertz CT molecular complexity index is 518. The summed E-state index contributed by atoms with van der Waals surface area (Å²) in [5, 5.41) is 14.2. The van der Waals surface area contributed by atoms with Crippen LogP contribution in [0.25, 0.3) is 11.0 Å². The van der Waals surface area contributed by atoms with E-state index < -0.39 is 0 Å². The van der Waals surface area contributed by atoms with E-state index in [9.17, 15) is 5.11 Å². The van der Waals surface area contributed by atoms with Crippen molar-refractivity contribution in [2.45, 2.75) is 51.4 Å². The molecule has 1 aliphatic carbocycles. The van der Waals surface area contributed by atoms with Crippen LogP contribution in [0.15, 0.2) is 24.5 Å². The van der Waals surface area contributed by atoms with Gasteiger partial charge in [0.15, 0.2) is 0 Å². The van der Waals surface area contributed by atoms with Gasteiger partial charge in [0.1, 0.15) is 5.65 Å². The second kappa shape index (κ2) is 5.31. The fourth-order valence-electron chi connectivity index (χ4n) is 2.37. The van der Waals surface area contributed by atoms with E-state index in [0.29, 0.717) is 6.04 Å². The predicted molar refractivity (Wildman–Crippen MR) is 75.9 cm³/mol. The van der Waals surface area contributed by atoms with Gasteiger partial charge in [0.25, 0.3) is 0 Å². The van der Waals surface area contributed by atoms with Crippen LogP contribution in [0.2, 0.25) is 0 Å². The Kier molecular flexibility index (Phi) is 3.53. The molecule has 0 bridgehead atoms. The molecular weight excluding hydrogens is 238 g/mol. The van der Waals surface area contributed by atoms with E-state index in [1.54, 1.807) is 0 Å². The maximum absolute atomic E-state index is 9.43. The number of aromatic nitrogens is 2. The van der Waals surface area contributed by atoms with Crippen LogP contribution < -0.4 is 5.32 Å². The summed E-state index contributed by atoms with van der Waals surface area (Å²) in [5.74, 6) is 0. The number of nitrogens with one attached hydrogen (secondary N) is 1. The molecule has 0 radical (unpaired) electrons. The average Bonchev–Trinajstić information content (AvgIpc) is 3.16. The van der Waals surface area contributed by atoms with Crippen LogP contribution in [0.4, 0.5) is 0 Å². The molecule has 19 heavy (non-hydrogen) atoms. The minimum Gasteiger partial charge on any atom is -0.393 e. The third-order valence-electron chi connectivity index (χ3n) is 3.66. The van der Waals surface area contributed by atoms with Crippen LogP contribution in [0.1, 0.15) is 31.7 Å². The van der Waals surface area contributed by atoms with Crippen molar-refractivity contribution in [2.75, 3.05) is 0 Å². The van der Waals surface area contributed by atoms with Crippen LogP contribution in [0, 0.1) is 0 Å². The summed E-state index contributed by atoms with van der Waals surface area (Å²) in [6.07, 6.45) is 7.11. The number of nitrogens with zero attached hydrogens (tertiary/aromatic N) is 2. The van der Waals surface area contributed by atoms with Crippen LogP contribution in [-0.4, -0.2) is 26.8 Å². The molecule has 1 fully saturated rings. The quantitative estimate of drug-likeness (QED) is 0.835. The molecule has 4 nitrogen and oxygen atoms in total. The highest BCUT2D eigenvalue weighted by molar-refractivity contribution is 5.80. The fourth-order valence-corrected chi connectivity index (χ4v) is 2.37. The van der Waals surface area contributed by atoms with Crippen LogP contribution in [-0.2, 0) is 13.1 Å². The molecule has 1 unspecified atom stereocenters. The Labute approximate surface area is 113 Å². The lowest BCUT2D eigenvalue weighted by Crippen LogP contribution is -2.15. The zero-order chi connectivity index (χ0) is 13.2. The number of aryl methyl sites for hydroxylation is 1. The molecule has 2 aromatic rings. The van der Waals surface area contributed by atoms with Crippen molar-refractivity contribution in [3.05, 3.63) is 30.1 Å². The standard InChI is InChI=1S/C15H21N3O/c1-11(19)6-8-18-10-12(9-17-13-4-5-13)14-3-2-7-16-15(14)18/h2-3,7,10-11,13,17,19H,4-6,8-9H2,1H3. The first kappa shape index (κ1) is 12.6. The van der Waals surface area contributed by atoms with Gasteiger partial charge in [-0.2, -0.15) is 0 Å². The highest BCUT2D eigenvalue weighted by Gasteiger charge is 2.21. The van der Waals surface area contributed by atoms with Crippen molar-refractivity contribution in [3.63, 3.8) is 0 Å². The zero-order valence-electron chi connectivity index (χ0n) is 11.3. The highest BCUT2D eigenvalue weighted by atomic mass is 16.3. The van der Waals surface area contributed by atoms with Crippen molar-refractivity contribution in [2.24, 2.45) is 0 Å². The maximum atomic E-state index is 9.43. The van der Waals surface area contributed by atoms with E-state index in [1.165, 1.54) is 23.8 Å². The number of rotatable bonds is 6. The molecule has 0 aromatic carbocycles. The third-order valence-corrected chi connectivity index (χ3v) is 3.66. The summed E-state index contributed by atoms with van der Waals surface area (Å²) in [6.45, 7) is 3.55. The lowest BCUT2D eigenvalue weighted by Gasteiger charge is -2.06. The number of pyridine rings is 1. The lowest BCUT2D eigenvalue weighted by atomic mass is 10.2. The molecule has 0 saturated heterocycles. The van der Waals surface area contributed by atoms with Crippen molar-refractivity contribution in [1.29, 1.82) is 0 Å². The first-order valence-electron chi connectivity index (χ1n) is 7.08. The Morgan fingerprint density at radius 2 is 2.37 bits per heavy atom. The SMILES string of the molecule is CC(O)CCn1cc(CNC2CC2)c2cccnc21. The minimum absolute atomic E-state index is 0.269. The second-order valence-electron chi connectivity index (χ2n) is 5.52. The first-order chi connectivity index (χ1) is 9.24. The summed E-state index contributed by atoms with van der Waals surface area (Å²) in [4.78, 5) is 4.48.